The van der Waals surface area contributed by atoms with Crippen LogP contribution in [0.4, 0.5) is 0 Å². The van der Waals surface area contributed by atoms with Crippen molar-refractivity contribution in [1.82, 2.24) is 19.9 Å². The molecule has 56 heavy (non-hydrogen) atoms. The highest BCUT2D eigenvalue weighted by Crippen LogP contribution is 2.52. The van der Waals surface area contributed by atoms with Crippen molar-refractivity contribution in [1.29, 1.82) is 0 Å². The number of hydrogen-bond donors (Lipinski definition) is 0. The van der Waals surface area contributed by atoms with Crippen molar-refractivity contribution >= 4 is 54.3 Å². The molecule has 0 amide bonds. The summed E-state index contributed by atoms with van der Waals surface area (Å²) in [6, 6.07) is 62.5. The molecule has 4 heterocycles. The first-order chi connectivity index (χ1) is 27.8. The second-order valence-corrected chi connectivity index (χ2v) is 14.8. The Morgan fingerprint density at radius 1 is 0.393 bits per heavy atom. The molecular formula is C50H30N4OS. The summed E-state index contributed by atoms with van der Waals surface area (Å²) in [5.74, 6) is 1.89. The second-order valence-electron chi connectivity index (χ2n) is 13.8. The molecule has 0 saturated heterocycles. The number of fused-ring (bicyclic) bond motifs is 6. The zero-order valence-electron chi connectivity index (χ0n) is 29.9. The fourth-order valence-corrected chi connectivity index (χ4v) is 9.06. The molecule has 0 bridgehead atoms. The average molecular weight is 735 g/mol. The van der Waals surface area contributed by atoms with Crippen molar-refractivity contribution in [2.45, 2.75) is 0 Å². The van der Waals surface area contributed by atoms with Crippen molar-refractivity contribution in [2.24, 2.45) is 0 Å². The maximum atomic E-state index is 6.71. The first-order valence-electron chi connectivity index (χ1n) is 18.6. The van der Waals surface area contributed by atoms with Crippen molar-refractivity contribution in [2.75, 3.05) is 0 Å². The Balaban J connectivity index is 1.16. The van der Waals surface area contributed by atoms with Crippen molar-refractivity contribution < 1.29 is 4.42 Å². The summed E-state index contributed by atoms with van der Waals surface area (Å²) >= 11 is 1.80. The Labute approximate surface area is 326 Å². The Bertz CT molecular complexity index is 3170. The first kappa shape index (κ1) is 32.2. The van der Waals surface area contributed by atoms with Gasteiger partial charge >= 0.3 is 0 Å². The highest BCUT2D eigenvalue weighted by molar-refractivity contribution is 7.24. The largest absolute Gasteiger partial charge is 0.455 e. The van der Waals surface area contributed by atoms with Gasteiger partial charge in [-0.2, -0.15) is 0 Å². The lowest BCUT2D eigenvalue weighted by atomic mass is 9.93. The molecule has 262 valence electrons. The maximum absolute atomic E-state index is 6.71. The molecule has 5 nitrogen and oxygen atoms in total. The molecule has 0 unspecified atom stereocenters. The average Bonchev–Trinajstić information content (AvgIpc) is 3.87. The highest BCUT2D eigenvalue weighted by Gasteiger charge is 2.25. The molecule has 0 aliphatic rings. The smallest absolute Gasteiger partial charge is 0.164 e. The molecule has 11 aromatic rings. The van der Waals surface area contributed by atoms with Crippen molar-refractivity contribution in [3.05, 3.63) is 182 Å². The van der Waals surface area contributed by atoms with Crippen molar-refractivity contribution in [3.8, 4) is 67.0 Å². The third-order valence-electron chi connectivity index (χ3n) is 10.4. The van der Waals surface area contributed by atoms with Gasteiger partial charge in [-0.3, -0.25) is 0 Å². The summed E-state index contributed by atoms with van der Waals surface area (Å²) < 4.78 is 7.90. The van der Waals surface area contributed by atoms with E-state index in [1.165, 1.54) is 4.70 Å². The zero-order valence-corrected chi connectivity index (χ0v) is 30.7. The third-order valence-corrected chi connectivity index (χ3v) is 11.6. The Kier molecular flexibility index (Phi) is 7.60. The Morgan fingerprint density at radius 2 is 0.911 bits per heavy atom. The summed E-state index contributed by atoms with van der Waals surface area (Å²) in [5.41, 5.74) is 10.7. The van der Waals surface area contributed by atoms with E-state index in [1.54, 1.807) is 11.3 Å². The van der Waals surface area contributed by atoms with Gasteiger partial charge < -0.3 is 4.42 Å². The molecule has 0 aliphatic carbocycles. The van der Waals surface area contributed by atoms with Gasteiger partial charge in [-0.05, 0) is 17.7 Å². The van der Waals surface area contributed by atoms with Crippen LogP contribution in [-0.2, 0) is 0 Å². The van der Waals surface area contributed by atoms with Crippen LogP contribution in [0.15, 0.2) is 186 Å². The van der Waals surface area contributed by atoms with E-state index in [1.807, 2.05) is 72.8 Å². The van der Waals surface area contributed by atoms with E-state index >= 15 is 0 Å². The predicted octanol–water partition coefficient (Wildman–Crippen LogP) is 13.5. The Morgan fingerprint density at radius 3 is 1.57 bits per heavy atom. The second kappa shape index (κ2) is 13.2. The van der Waals surface area contributed by atoms with Gasteiger partial charge in [0.05, 0.1) is 11.2 Å². The minimum Gasteiger partial charge on any atom is -0.455 e. The lowest BCUT2D eigenvalue weighted by Gasteiger charge is -2.11. The van der Waals surface area contributed by atoms with Crippen LogP contribution in [0.5, 0.6) is 0 Å². The lowest BCUT2D eigenvalue weighted by Crippen LogP contribution is -2.00. The van der Waals surface area contributed by atoms with E-state index in [2.05, 4.69) is 109 Å². The fourth-order valence-electron chi connectivity index (χ4n) is 7.70. The molecule has 11 rings (SSSR count). The minimum absolute atomic E-state index is 0.620. The van der Waals surface area contributed by atoms with Crippen LogP contribution in [0.2, 0.25) is 0 Å². The summed E-state index contributed by atoms with van der Waals surface area (Å²) in [4.78, 5) is 21.4. The minimum atomic E-state index is 0.620. The molecule has 0 atom stereocenters. The van der Waals surface area contributed by atoms with Gasteiger partial charge in [-0.25, -0.2) is 19.9 Å². The zero-order chi connectivity index (χ0) is 37.0. The Hall–Kier alpha value is -7.28. The van der Waals surface area contributed by atoms with Crippen LogP contribution < -0.4 is 0 Å². The number of nitrogens with zero attached hydrogens (tertiary/aromatic N) is 4. The van der Waals surface area contributed by atoms with Crippen LogP contribution in [0.1, 0.15) is 0 Å². The van der Waals surface area contributed by atoms with E-state index in [0.717, 1.165) is 87.7 Å². The number of hydrogen-bond acceptors (Lipinski definition) is 6. The molecule has 0 fully saturated rings. The van der Waals surface area contributed by atoms with Gasteiger partial charge in [0, 0.05) is 64.5 Å². The summed E-state index contributed by atoms with van der Waals surface area (Å²) in [6.45, 7) is 0. The number of thiophene rings is 1. The SMILES string of the molecule is c1ccc(-c2nc(-c3ccccc3)nc(-c3ccc(-c4sc5c(c(-c6ccccc6)nc6ccccc65)c4-c4cccc5c4oc4ccccc45)cc3)n2)cc1. The molecule has 4 aromatic heterocycles. The number of para-hydroxylation sites is 3. The van der Waals surface area contributed by atoms with E-state index in [0.29, 0.717) is 17.5 Å². The van der Waals surface area contributed by atoms with Crippen molar-refractivity contribution in [3.63, 3.8) is 0 Å². The van der Waals surface area contributed by atoms with Gasteiger partial charge in [0.1, 0.15) is 11.2 Å². The first-order valence-corrected chi connectivity index (χ1v) is 19.4. The van der Waals surface area contributed by atoms with Crippen LogP contribution in [0.25, 0.3) is 110 Å². The van der Waals surface area contributed by atoms with Crippen LogP contribution >= 0.6 is 11.3 Å². The number of aromatic nitrogens is 4. The molecule has 0 aliphatic heterocycles. The standard InChI is InChI=1S/C50H30N4OS/c1-4-15-31(16-5-1)44-43-42(39-24-14-23-37-36-21-11-13-26-41(36)55-45(37)39)46(56-47(43)38-22-10-12-25-40(38)51-44)32-27-29-35(30-28-32)50-53-48(33-17-6-2-7-18-33)52-49(54-50)34-19-8-3-9-20-34/h1-30H. The van der Waals surface area contributed by atoms with Gasteiger partial charge in [-0.15, -0.1) is 11.3 Å². The number of benzene rings is 7. The monoisotopic (exact) mass is 734 g/mol. The van der Waals surface area contributed by atoms with E-state index in [4.69, 9.17) is 24.4 Å². The lowest BCUT2D eigenvalue weighted by molar-refractivity contribution is 0.670. The van der Waals surface area contributed by atoms with E-state index in [9.17, 15) is 0 Å². The molecule has 0 saturated carbocycles. The quantitative estimate of drug-likeness (QED) is 0.170. The van der Waals surface area contributed by atoms with Crippen LogP contribution in [-0.4, -0.2) is 19.9 Å². The predicted molar refractivity (Wildman–Crippen MR) is 230 cm³/mol. The molecule has 0 spiro atoms. The number of pyridine rings is 1. The number of furan rings is 1. The topological polar surface area (TPSA) is 64.7 Å². The highest BCUT2D eigenvalue weighted by atomic mass is 32.1. The van der Waals surface area contributed by atoms with Crippen LogP contribution in [0, 0.1) is 0 Å². The molecule has 0 N–H and O–H groups in total. The molecular weight excluding hydrogens is 705 g/mol. The normalized spacial score (nSPS) is 11.6. The molecule has 6 heteroatoms. The van der Waals surface area contributed by atoms with Gasteiger partial charge in [0.25, 0.3) is 0 Å². The van der Waals surface area contributed by atoms with E-state index in [-0.39, 0.29) is 0 Å². The molecule has 7 aromatic carbocycles. The summed E-state index contributed by atoms with van der Waals surface area (Å²) in [5, 5.41) is 4.43. The maximum Gasteiger partial charge on any atom is 0.164 e. The summed E-state index contributed by atoms with van der Waals surface area (Å²) in [6.07, 6.45) is 0. The van der Waals surface area contributed by atoms with Crippen LogP contribution in [0.3, 0.4) is 0 Å². The molecule has 0 radical (unpaired) electrons. The van der Waals surface area contributed by atoms with Gasteiger partial charge in [-0.1, -0.05) is 170 Å². The summed E-state index contributed by atoms with van der Waals surface area (Å²) in [7, 11) is 0. The number of rotatable bonds is 6. The van der Waals surface area contributed by atoms with E-state index < -0.39 is 0 Å². The van der Waals surface area contributed by atoms with Gasteiger partial charge in [0.2, 0.25) is 0 Å². The van der Waals surface area contributed by atoms with Gasteiger partial charge in [0.15, 0.2) is 17.5 Å². The third kappa shape index (κ3) is 5.38. The fraction of sp³-hybridized carbons (Fsp3) is 0.